The van der Waals surface area contributed by atoms with Crippen LogP contribution in [-0.4, -0.2) is 6.54 Å². The molecule has 0 saturated heterocycles. The number of hydrogen-bond acceptors (Lipinski definition) is 3. The average Bonchev–Trinajstić information content (AvgIpc) is 2.52. The van der Waals surface area contributed by atoms with Crippen LogP contribution in [0.15, 0.2) is 48.5 Å². The SMILES string of the molecule is CCNCc1ccc(OCc2ccccc2C#N)cc1. The van der Waals surface area contributed by atoms with E-state index in [0.29, 0.717) is 12.2 Å². The van der Waals surface area contributed by atoms with Crippen LogP contribution in [0, 0.1) is 11.3 Å². The van der Waals surface area contributed by atoms with E-state index in [1.807, 2.05) is 42.5 Å². The lowest BCUT2D eigenvalue weighted by Crippen LogP contribution is -2.11. The van der Waals surface area contributed by atoms with Crippen LogP contribution in [0.5, 0.6) is 5.75 Å². The Bertz CT molecular complexity index is 585. The minimum atomic E-state index is 0.413. The van der Waals surface area contributed by atoms with E-state index in [0.717, 1.165) is 24.4 Å². The Hall–Kier alpha value is -2.31. The van der Waals surface area contributed by atoms with Gasteiger partial charge in [0, 0.05) is 12.1 Å². The van der Waals surface area contributed by atoms with Gasteiger partial charge in [-0.2, -0.15) is 5.26 Å². The summed E-state index contributed by atoms with van der Waals surface area (Å²) in [5.41, 5.74) is 2.81. The van der Waals surface area contributed by atoms with Crippen LogP contribution in [-0.2, 0) is 13.2 Å². The zero-order valence-corrected chi connectivity index (χ0v) is 11.6. The molecule has 0 heterocycles. The molecule has 0 aromatic heterocycles. The average molecular weight is 266 g/mol. The van der Waals surface area contributed by atoms with Gasteiger partial charge in [0.05, 0.1) is 11.6 Å². The van der Waals surface area contributed by atoms with Crippen LogP contribution in [0.25, 0.3) is 0 Å². The molecular formula is C17H18N2O. The standard InChI is InChI=1S/C17H18N2O/c1-2-19-12-14-7-9-17(10-8-14)20-13-16-6-4-3-5-15(16)11-18/h3-10,19H,2,12-13H2,1H3. The van der Waals surface area contributed by atoms with Gasteiger partial charge in [-0.1, -0.05) is 37.3 Å². The second-order valence-corrected chi connectivity index (χ2v) is 4.48. The van der Waals surface area contributed by atoms with E-state index in [4.69, 9.17) is 10.00 Å². The molecule has 0 fully saturated rings. The summed E-state index contributed by atoms with van der Waals surface area (Å²) < 4.78 is 5.72. The van der Waals surface area contributed by atoms with E-state index in [1.165, 1.54) is 5.56 Å². The molecule has 0 atom stereocenters. The summed E-state index contributed by atoms with van der Waals surface area (Å²) in [6.07, 6.45) is 0. The first-order valence-corrected chi connectivity index (χ1v) is 6.74. The van der Waals surface area contributed by atoms with Crippen molar-refractivity contribution < 1.29 is 4.74 Å². The van der Waals surface area contributed by atoms with Crippen LogP contribution in [0.4, 0.5) is 0 Å². The number of hydrogen-bond donors (Lipinski definition) is 1. The van der Waals surface area contributed by atoms with Gasteiger partial charge in [0.25, 0.3) is 0 Å². The minimum Gasteiger partial charge on any atom is -0.489 e. The normalized spacial score (nSPS) is 10.0. The van der Waals surface area contributed by atoms with Crippen molar-refractivity contribution in [2.75, 3.05) is 6.54 Å². The molecule has 3 heteroatoms. The number of ether oxygens (including phenoxy) is 1. The zero-order chi connectivity index (χ0) is 14.2. The molecular weight excluding hydrogens is 248 g/mol. The monoisotopic (exact) mass is 266 g/mol. The van der Waals surface area contributed by atoms with Gasteiger partial charge < -0.3 is 10.1 Å². The van der Waals surface area contributed by atoms with Crippen LogP contribution in [0.1, 0.15) is 23.6 Å². The highest BCUT2D eigenvalue weighted by Crippen LogP contribution is 2.15. The Kier molecular flexibility index (Phi) is 5.16. The summed E-state index contributed by atoms with van der Waals surface area (Å²) >= 11 is 0. The van der Waals surface area contributed by atoms with Crippen molar-refractivity contribution in [1.29, 1.82) is 5.26 Å². The largest absolute Gasteiger partial charge is 0.489 e. The van der Waals surface area contributed by atoms with Crippen molar-refractivity contribution in [2.45, 2.75) is 20.1 Å². The van der Waals surface area contributed by atoms with Gasteiger partial charge in [-0.05, 0) is 30.3 Å². The topological polar surface area (TPSA) is 45.0 Å². The maximum absolute atomic E-state index is 9.02. The van der Waals surface area contributed by atoms with Gasteiger partial charge in [0.15, 0.2) is 0 Å². The van der Waals surface area contributed by atoms with E-state index >= 15 is 0 Å². The molecule has 0 amide bonds. The Morgan fingerprint density at radius 2 is 1.85 bits per heavy atom. The number of nitriles is 1. The summed E-state index contributed by atoms with van der Waals surface area (Å²) in [7, 11) is 0. The van der Waals surface area contributed by atoms with Crippen LogP contribution >= 0.6 is 0 Å². The number of nitrogens with zero attached hydrogens (tertiary/aromatic N) is 1. The van der Waals surface area contributed by atoms with Gasteiger partial charge in [-0.15, -0.1) is 0 Å². The molecule has 2 aromatic carbocycles. The predicted molar refractivity (Wildman–Crippen MR) is 79.3 cm³/mol. The molecule has 0 aliphatic carbocycles. The van der Waals surface area contributed by atoms with Gasteiger partial charge >= 0.3 is 0 Å². The van der Waals surface area contributed by atoms with E-state index < -0.39 is 0 Å². The van der Waals surface area contributed by atoms with Gasteiger partial charge in [-0.3, -0.25) is 0 Å². The van der Waals surface area contributed by atoms with Crippen molar-refractivity contribution >= 4 is 0 Å². The molecule has 2 rings (SSSR count). The van der Waals surface area contributed by atoms with Gasteiger partial charge in [0.2, 0.25) is 0 Å². The lowest BCUT2D eigenvalue weighted by molar-refractivity contribution is 0.306. The second kappa shape index (κ2) is 7.32. The van der Waals surface area contributed by atoms with Crippen molar-refractivity contribution in [2.24, 2.45) is 0 Å². The molecule has 0 saturated carbocycles. The van der Waals surface area contributed by atoms with E-state index in [1.54, 1.807) is 6.07 Å². The summed E-state index contributed by atoms with van der Waals surface area (Å²) in [6, 6.07) is 17.7. The lowest BCUT2D eigenvalue weighted by atomic mass is 10.1. The number of benzene rings is 2. The smallest absolute Gasteiger partial charge is 0.119 e. The molecule has 0 unspecified atom stereocenters. The fraction of sp³-hybridized carbons (Fsp3) is 0.235. The molecule has 0 aliphatic heterocycles. The molecule has 0 spiro atoms. The first-order chi connectivity index (χ1) is 9.83. The Morgan fingerprint density at radius 1 is 1.10 bits per heavy atom. The maximum Gasteiger partial charge on any atom is 0.119 e. The zero-order valence-electron chi connectivity index (χ0n) is 11.6. The summed E-state index contributed by atoms with van der Waals surface area (Å²) in [5.74, 6) is 0.818. The molecule has 2 aromatic rings. The van der Waals surface area contributed by atoms with Crippen molar-refractivity contribution in [3.8, 4) is 11.8 Å². The Morgan fingerprint density at radius 3 is 2.55 bits per heavy atom. The highest BCUT2D eigenvalue weighted by Gasteiger charge is 2.02. The van der Waals surface area contributed by atoms with E-state index in [9.17, 15) is 0 Å². The highest BCUT2D eigenvalue weighted by atomic mass is 16.5. The third-order valence-electron chi connectivity index (χ3n) is 3.03. The molecule has 0 bridgehead atoms. The van der Waals surface area contributed by atoms with Gasteiger partial charge in [0.1, 0.15) is 12.4 Å². The maximum atomic E-state index is 9.02. The van der Waals surface area contributed by atoms with E-state index in [-0.39, 0.29) is 0 Å². The van der Waals surface area contributed by atoms with Crippen molar-refractivity contribution in [1.82, 2.24) is 5.32 Å². The number of rotatable bonds is 6. The highest BCUT2D eigenvalue weighted by molar-refractivity contribution is 5.37. The third-order valence-corrected chi connectivity index (χ3v) is 3.03. The van der Waals surface area contributed by atoms with Crippen molar-refractivity contribution in [3.63, 3.8) is 0 Å². The molecule has 1 N–H and O–H groups in total. The fourth-order valence-corrected chi connectivity index (χ4v) is 1.89. The molecule has 0 radical (unpaired) electrons. The first kappa shape index (κ1) is 14.1. The predicted octanol–water partition coefficient (Wildman–Crippen LogP) is 3.25. The molecule has 20 heavy (non-hydrogen) atoms. The molecule has 3 nitrogen and oxygen atoms in total. The van der Waals surface area contributed by atoms with Crippen molar-refractivity contribution in [3.05, 3.63) is 65.2 Å². The van der Waals surface area contributed by atoms with Crippen LogP contribution in [0.3, 0.4) is 0 Å². The summed E-state index contributed by atoms with van der Waals surface area (Å²) in [4.78, 5) is 0. The third kappa shape index (κ3) is 3.84. The van der Waals surface area contributed by atoms with Crippen LogP contribution in [0.2, 0.25) is 0 Å². The second-order valence-electron chi connectivity index (χ2n) is 4.48. The minimum absolute atomic E-state index is 0.413. The first-order valence-electron chi connectivity index (χ1n) is 6.74. The quantitative estimate of drug-likeness (QED) is 0.873. The molecule has 102 valence electrons. The van der Waals surface area contributed by atoms with Gasteiger partial charge in [-0.25, -0.2) is 0 Å². The number of nitrogens with one attached hydrogen (secondary N) is 1. The lowest BCUT2D eigenvalue weighted by Gasteiger charge is -2.08. The summed E-state index contributed by atoms with van der Waals surface area (Å²) in [5, 5.41) is 12.3. The Labute approximate surface area is 119 Å². The van der Waals surface area contributed by atoms with Crippen LogP contribution < -0.4 is 10.1 Å². The molecule has 0 aliphatic rings. The summed E-state index contributed by atoms with van der Waals surface area (Å²) in [6.45, 7) is 4.33. The van der Waals surface area contributed by atoms with E-state index in [2.05, 4.69) is 18.3 Å². The Balaban J connectivity index is 1.95. The fourth-order valence-electron chi connectivity index (χ4n) is 1.89.